The third-order valence-corrected chi connectivity index (χ3v) is 4.09. The van der Waals surface area contributed by atoms with E-state index in [9.17, 15) is 4.79 Å². The normalized spacial score (nSPS) is 12.1. The number of amides is 1. The van der Waals surface area contributed by atoms with Gasteiger partial charge in [-0.15, -0.1) is 0 Å². The Morgan fingerprint density at radius 3 is 2.59 bits per heavy atom. The van der Waals surface area contributed by atoms with Crippen LogP contribution in [0.4, 0.5) is 0 Å². The molecule has 0 aliphatic rings. The minimum absolute atomic E-state index is 0.0214. The largest absolute Gasteiger partial charge is 0.335 e. The highest BCUT2D eigenvalue weighted by atomic mass is 16.2. The lowest BCUT2D eigenvalue weighted by atomic mass is 10.0. The lowest BCUT2D eigenvalue weighted by Crippen LogP contribution is -2.29. The SMILES string of the molecule is CC(c1cccnc1)N(C)C(=O)c1cccc2ccccc12. The van der Waals surface area contributed by atoms with Crippen LogP contribution in [-0.4, -0.2) is 22.8 Å². The third kappa shape index (κ3) is 2.58. The van der Waals surface area contributed by atoms with Crippen molar-refractivity contribution in [3.63, 3.8) is 0 Å². The van der Waals surface area contributed by atoms with Crippen LogP contribution < -0.4 is 0 Å². The summed E-state index contributed by atoms with van der Waals surface area (Å²) >= 11 is 0. The highest BCUT2D eigenvalue weighted by molar-refractivity contribution is 6.07. The molecule has 0 saturated heterocycles. The van der Waals surface area contributed by atoms with Gasteiger partial charge in [0.1, 0.15) is 0 Å². The average molecular weight is 290 g/mol. The molecule has 2 aromatic carbocycles. The summed E-state index contributed by atoms with van der Waals surface area (Å²) in [7, 11) is 1.84. The predicted octanol–water partition coefficient (Wildman–Crippen LogP) is 4.07. The van der Waals surface area contributed by atoms with E-state index in [0.29, 0.717) is 0 Å². The van der Waals surface area contributed by atoms with Crippen LogP contribution in [0.1, 0.15) is 28.9 Å². The fraction of sp³-hybridized carbons (Fsp3) is 0.158. The molecule has 3 rings (SSSR count). The van der Waals surface area contributed by atoms with Crippen molar-refractivity contribution in [2.75, 3.05) is 7.05 Å². The maximum atomic E-state index is 12.9. The second-order valence-electron chi connectivity index (χ2n) is 5.41. The summed E-state index contributed by atoms with van der Waals surface area (Å²) in [6.45, 7) is 2.01. The fourth-order valence-corrected chi connectivity index (χ4v) is 2.62. The molecule has 0 radical (unpaired) electrons. The standard InChI is InChI=1S/C19H18N2O/c1-14(16-9-6-12-20-13-16)21(2)19(22)18-11-5-8-15-7-3-4-10-17(15)18/h3-14H,1-2H3. The minimum Gasteiger partial charge on any atom is -0.335 e. The Bertz CT molecular complexity index is 793. The molecule has 3 aromatic rings. The molecule has 0 fully saturated rings. The van der Waals surface area contributed by atoms with Gasteiger partial charge in [0, 0.05) is 25.0 Å². The number of hydrogen-bond donors (Lipinski definition) is 0. The van der Waals surface area contributed by atoms with E-state index in [-0.39, 0.29) is 11.9 Å². The fourth-order valence-electron chi connectivity index (χ4n) is 2.62. The summed E-state index contributed by atoms with van der Waals surface area (Å²) in [6, 6.07) is 17.7. The van der Waals surface area contributed by atoms with Crippen molar-refractivity contribution in [2.24, 2.45) is 0 Å². The summed E-state index contributed by atoms with van der Waals surface area (Å²) in [6.07, 6.45) is 3.54. The molecule has 0 aliphatic carbocycles. The first kappa shape index (κ1) is 14.3. The Kier molecular flexibility index (Phi) is 3.88. The van der Waals surface area contributed by atoms with Crippen molar-refractivity contribution in [1.29, 1.82) is 0 Å². The van der Waals surface area contributed by atoms with E-state index < -0.39 is 0 Å². The van der Waals surface area contributed by atoms with Crippen LogP contribution in [0.25, 0.3) is 10.8 Å². The van der Waals surface area contributed by atoms with Crippen LogP contribution in [0.5, 0.6) is 0 Å². The molecule has 0 bridgehead atoms. The lowest BCUT2D eigenvalue weighted by Gasteiger charge is -2.25. The lowest BCUT2D eigenvalue weighted by molar-refractivity contribution is 0.0744. The van der Waals surface area contributed by atoms with Gasteiger partial charge in [0.2, 0.25) is 0 Å². The molecular formula is C19H18N2O. The maximum absolute atomic E-state index is 12.9. The Balaban J connectivity index is 1.96. The molecule has 1 atom stereocenters. The van der Waals surface area contributed by atoms with Gasteiger partial charge in [-0.2, -0.15) is 0 Å². The van der Waals surface area contributed by atoms with Gasteiger partial charge in [-0.3, -0.25) is 9.78 Å². The van der Waals surface area contributed by atoms with Crippen LogP contribution in [0.2, 0.25) is 0 Å². The number of nitrogens with zero attached hydrogens (tertiary/aromatic N) is 2. The quantitative estimate of drug-likeness (QED) is 0.728. The van der Waals surface area contributed by atoms with E-state index in [1.54, 1.807) is 17.3 Å². The van der Waals surface area contributed by atoms with Crippen LogP contribution in [-0.2, 0) is 0 Å². The zero-order valence-corrected chi connectivity index (χ0v) is 12.7. The Morgan fingerprint density at radius 2 is 1.82 bits per heavy atom. The molecule has 3 nitrogen and oxygen atoms in total. The van der Waals surface area contributed by atoms with Crippen molar-refractivity contribution in [3.05, 3.63) is 78.1 Å². The van der Waals surface area contributed by atoms with Gasteiger partial charge in [0.05, 0.1) is 6.04 Å². The van der Waals surface area contributed by atoms with Crippen molar-refractivity contribution in [1.82, 2.24) is 9.88 Å². The monoisotopic (exact) mass is 290 g/mol. The maximum Gasteiger partial charge on any atom is 0.254 e. The van der Waals surface area contributed by atoms with Gasteiger partial charge >= 0.3 is 0 Å². The van der Waals surface area contributed by atoms with Crippen molar-refractivity contribution >= 4 is 16.7 Å². The average Bonchev–Trinajstić information content (AvgIpc) is 2.60. The summed E-state index contributed by atoms with van der Waals surface area (Å²) < 4.78 is 0. The molecule has 0 saturated carbocycles. The van der Waals surface area contributed by atoms with E-state index in [1.165, 1.54) is 0 Å². The number of hydrogen-bond acceptors (Lipinski definition) is 2. The van der Waals surface area contributed by atoms with E-state index in [4.69, 9.17) is 0 Å². The smallest absolute Gasteiger partial charge is 0.254 e. The molecule has 1 amide bonds. The van der Waals surface area contributed by atoms with E-state index in [1.807, 2.05) is 68.6 Å². The van der Waals surface area contributed by atoms with Crippen LogP contribution in [0.15, 0.2) is 67.0 Å². The number of aromatic nitrogens is 1. The highest BCUT2D eigenvalue weighted by Gasteiger charge is 2.20. The van der Waals surface area contributed by atoms with Gasteiger partial charge in [-0.25, -0.2) is 0 Å². The molecule has 0 spiro atoms. The first-order valence-electron chi connectivity index (χ1n) is 7.33. The Morgan fingerprint density at radius 1 is 1.05 bits per heavy atom. The number of benzene rings is 2. The first-order chi connectivity index (χ1) is 10.7. The number of rotatable bonds is 3. The highest BCUT2D eigenvalue weighted by Crippen LogP contribution is 2.24. The third-order valence-electron chi connectivity index (χ3n) is 4.09. The van der Waals surface area contributed by atoms with Crippen molar-refractivity contribution < 1.29 is 4.79 Å². The van der Waals surface area contributed by atoms with Crippen molar-refractivity contribution in [3.8, 4) is 0 Å². The number of pyridine rings is 1. The molecule has 22 heavy (non-hydrogen) atoms. The molecular weight excluding hydrogens is 272 g/mol. The van der Waals surface area contributed by atoms with Crippen molar-refractivity contribution in [2.45, 2.75) is 13.0 Å². The minimum atomic E-state index is -0.0276. The molecule has 3 heteroatoms. The zero-order valence-electron chi connectivity index (χ0n) is 12.7. The van der Waals surface area contributed by atoms with Crippen LogP contribution in [0, 0.1) is 0 Å². The Labute approximate surface area is 130 Å². The second-order valence-corrected chi connectivity index (χ2v) is 5.41. The molecule has 110 valence electrons. The Hall–Kier alpha value is -2.68. The molecule has 0 aliphatic heterocycles. The number of carbonyl (C=O) groups is 1. The number of carbonyl (C=O) groups excluding carboxylic acids is 1. The first-order valence-corrected chi connectivity index (χ1v) is 7.33. The van der Waals surface area contributed by atoms with Gasteiger partial charge in [-0.05, 0) is 35.4 Å². The van der Waals surface area contributed by atoms with Crippen LogP contribution in [0.3, 0.4) is 0 Å². The number of fused-ring (bicyclic) bond motifs is 1. The second kappa shape index (κ2) is 5.98. The molecule has 1 heterocycles. The molecule has 1 aromatic heterocycles. The predicted molar refractivity (Wildman–Crippen MR) is 88.7 cm³/mol. The summed E-state index contributed by atoms with van der Waals surface area (Å²) in [5.74, 6) is 0.0214. The van der Waals surface area contributed by atoms with E-state index in [0.717, 1.165) is 21.9 Å². The van der Waals surface area contributed by atoms with Crippen LogP contribution >= 0.6 is 0 Å². The summed E-state index contributed by atoms with van der Waals surface area (Å²) in [5.41, 5.74) is 1.76. The van der Waals surface area contributed by atoms with E-state index in [2.05, 4.69) is 4.98 Å². The van der Waals surface area contributed by atoms with Gasteiger partial charge in [0.15, 0.2) is 0 Å². The van der Waals surface area contributed by atoms with Gasteiger partial charge in [0.25, 0.3) is 5.91 Å². The molecule has 0 N–H and O–H groups in total. The van der Waals surface area contributed by atoms with Gasteiger partial charge in [-0.1, -0.05) is 42.5 Å². The summed E-state index contributed by atoms with van der Waals surface area (Å²) in [5, 5.41) is 2.07. The van der Waals surface area contributed by atoms with Gasteiger partial charge < -0.3 is 4.90 Å². The van der Waals surface area contributed by atoms with E-state index >= 15 is 0 Å². The molecule has 1 unspecified atom stereocenters. The topological polar surface area (TPSA) is 33.2 Å². The zero-order chi connectivity index (χ0) is 15.5. The summed E-state index contributed by atoms with van der Waals surface area (Å²) in [4.78, 5) is 18.8.